The SMILES string of the molecule is CC(C)c1nnc(N2C(=O)c3oc4ccccc4c(=O)c3C2c2ccc(Br)cc2)s1. The smallest absolute Gasteiger partial charge is 0.297 e. The first-order valence-electron chi connectivity index (χ1n) is 9.44. The van der Waals surface area contributed by atoms with Crippen LogP contribution in [0.4, 0.5) is 5.13 Å². The van der Waals surface area contributed by atoms with Gasteiger partial charge < -0.3 is 4.42 Å². The first-order chi connectivity index (χ1) is 14.5. The van der Waals surface area contributed by atoms with Crippen molar-refractivity contribution in [2.75, 3.05) is 4.90 Å². The Bertz CT molecular complexity index is 1340. The summed E-state index contributed by atoms with van der Waals surface area (Å²) in [7, 11) is 0. The van der Waals surface area contributed by atoms with Gasteiger partial charge in [-0.1, -0.05) is 65.4 Å². The van der Waals surface area contributed by atoms with E-state index in [0.29, 0.717) is 21.7 Å². The van der Waals surface area contributed by atoms with Gasteiger partial charge in [0.25, 0.3) is 5.91 Å². The number of para-hydroxylation sites is 1. The molecule has 0 spiro atoms. The number of amides is 1. The van der Waals surface area contributed by atoms with Crippen LogP contribution in [0, 0.1) is 0 Å². The van der Waals surface area contributed by atoms with Crippen LogP contribution in [-0.4, -0.2) is 16.1 Å². The quantitative estimate of drug-likeness (QED) is 0.397. The number of fused-ring (bicyclic) bond motifs is 2. The molecule has 0 fully saturated rings. The summed E-state index contributed by atoms with van der Waals surface area (Å²) >= 11 is 4.80. The lowest BCUT2D eigenvalue weighted by molar-refractivity contribution is 0.0970. The van der Waals surface area contributed by atoms with E-state index in [9.17, 15) is 9.59 Å². The second-order valence-corrected chi connectivity index (χ2v) is 9.28. The summed E-state index contributed by atoms with van der Waals surface area (Å²) in [5, 5.41) is 10.2. The van der Waals surface area contributed by atoms with E-state index >= 15 is 0 Å². The number of rotatable bonds is 3. The Morgan fingerprint density at radius 2 is 1.80 bits per heavy atom. The number of anilines is 1. The molecule has 150 valence electrons. The Kier molecular flexibility index (Phi) is 4.56. The molecule has 0 saturated heterocycles. The van der Waals surface area contributed by atoms with E-state index < -0.39 is 6.04 Å². The lowest BCUT2D eigenvalue weighted by atomic mass is 9.99. The van der Waals surface area contributed by atoms with Crippen LogP contribution in [0.15, 0.2) is 62.2 Å². The molecular formula is C22H16BrN3O3S. The van der Waals surface area contributed by atoms with Gasteiger partial charge in [0.1, 0.15) is 10.6 Å². The van der Waals surface area contributed by atoms with E-state index in [1.165, 1.54) is 16.2 Å². The zero-order valence-electron chi connectivity index (χ0n) is 16.1. The van der Waals surface area contributed by atoms with E-state index in [1.54, 1.807) is 24.3 Å². The predicted octanol–water partition coefficient (Wildman–Crippen LogP) is 5.28. The molecule has 1 amide bonds. The lowest BCUT2D eigenvalue weighted by Gasteiger charge is -2.22. The fourth-order valence-corrected chi connectivity index (χ4v) is 4.77. The number of nitrogens with zero attached hydrogens (tertiary/aromatic N) is 3. The van der Waals surface area contributed by atoms with E-state index in [2.05, 4.69) is 26.1 Å². The number of carbonyl (C=O) groups excluding carboxylic acids is 1. The number of benzene rings is 2. The fraction of sp³-hybridized carbons (Fsp3) is 0.182. The molecule has 2 aromatic carbocycles. The summed E-state index contributed by atoms with van der Waals surface area (Å²) in [6, 6.07) is 13.9. The highest BCUT2D eigenvalue weighted by atomic mass is 79.9. The average Bonchev–Trinajstić information content (AvgIpc) is 3.33. The molecule has 0 bridgehead atoms. The predicted molar refractivity (Wildman–Crippen MR) is 119 cm³/mol. The molecule has 0 N–H and O–H groups in total. The zero-order valence-corrected chi connectivity index (χ0v) is 18.5. The van der Waals surface area contributed by atoms with E-state index in [0.717, 1.165) is 15.0 Å². The van der Waals surface area contributed by atoms with Crippen molar-refractivity contribution in [2.45, 2.75) is 25.8 Å². The molecule has 8 heteroatoms. The molecule has 3 heterocycles. The zero-order chi connectivity index (χ0) is 21.0. The Hall–Kier alpha value is -2.84. The van der Waals surface area contributed by atoms with Gasteiger partial charge in [-0.05, 0) is 29.8 Å². The van der Waals surface area contributed by atoms with Crippen molar-refractivity contribution in [3.8, 4) is 0 Å². The van der Waals surface area contributed by atoms with Crippen LogP contribution < -0.4 is 10.3 Å². The van der Waals surface area contributed by atoms with Gasteiger partial charge in [0, 0.05) is 10.4 Å². The topological polar surface area (TPSA) is 76.3 Å². The van der Waals surface area contributed by atoms with Gasteiger partial charge in [-0.25, -0.2) is 0 Å². The Morgan fingerprint density at radius 3 is 2.50 bits per heavy atom. The van der Waals surface area contributed by atoms with Gasteiger partial charge in [0.05, 0.1) is 17.0 Å². The van der Waals surface area contributed by atoms with Gasteiger partial charge >= 0.3 is 0 Å². The van der Waals surface area contributed by atoms with Gasteiger partial charge in [-0.3, -0.25) is 14.5 Å². The Labute approximate surface area is 184 Å². The van der Waals surface area contributed by atoms with Crippen LogP contribution in [0.2, 0.25) is 0 Å². The fourth-order valence-electron chi connectivity index (χ4n) is 3.63. The van der Waals surface area contributed by atoms with Gasteiger partial charge in [-0.2, -0.15) is 0 Å². The van der Waals surface area contributed by atoms with Crippen LogP contribution >= 0.6 is 27.3 Å². The molecule has 1 atom stereocenters. The second-order valence-electron chi connectivity index (χ2n) is 7.38. The van der Waals surface area contributed by atoms with Crippen LogP contribution in [0.3, 0.4) is 0 Å². The van der Waals surface area contributed by atoms with Crippen LogP contribution in [0.1, 0.15) is 52.5 Å². The van der Waals surface area contributed by atoms with Gasteiger partial charge in [-0.15, -0.1) is 10.2 Å². The maximum absolute atomic E-state index is 13.4. The van der Waals surface area contributed by atoms with Crippen LogP contribution in [0.25, 0.3) is 11.0 Å². The Morgan fingerprint density at radius 1 is 1.07 bits per heavy atom. The molecule has 1 unspecified atom stereocenters. The molecule has 30 heavy (non-hydrogen) atoms. The van der Waals surface area contributed by atoms with Crippen molar-refractivity contribution in [2.24, 2.45) is 0 Å². The highest BCUT2D eigenvalue weighted by molar-refractivity contribution is 9.10. The molecule has 1 aliphatic heterocycles. The van der Waals surface area contributed by atoms with E-state index in [1.807, 2.05) is 38.1 Å². The third-order valence-corrected chi connectivity index (χ3v) is 6.85. The lowest BCUT2D eigenvalue weighted by Crippen LogP contribution is -2.29. The summed E-state index contributed by atoms with van der Waals surface area (Å²) in [4.78, 5) is 28.4. The molecule has 2 aromatic heterocycles. The van der Waals surface area contributed by atoms with Crippen molar-refractivity contribution in [3.63, 3.8) is 0 Å². The maximum atomic E-state index is 13.4. The van der Waals surface area contributed by atoms with E-state index in [4.69, 9.17) is 4.42 Å². The number of hydrogen-bond acceptors (Lipinski definition) is 6. The van der Waals surface area contributed by atoms with E-state index in [-0.39, 0.29) is 23.0 Å². The normalized spacial score (nSPS) is 15.9. The standard InChI is InChI=1S/C22H16BrN3O3S/c1-11(2)20-24-25-22(30-20)26-17(12-7-9-13(23)10-8-12)16-18(27)14-5-3-4-6-15(14)29-19(16)21(26)28/h3-11,17H,1-2H3. The van der Waals surface area contributed by atoms with Crippen molar-refractivity contribution >= 4 is 49.3 Å². The van der Waals surface area contributed by atoms with Crippen LogP contribution in [0.5, 0.6) is 0 Å². The summed E-state index contributed by atoms with van der Waals surface area (Å²) < 4.78 is 6.84. The monoisotopic (exact) mass is 481 g/mol. The van der Waals surface area contributed by atoms with Crippen molar-refractivity contribution in [3.05, 3.63) is 85.1 Å². The third-order valence-electron chi connectivity index (χ3n) is 5.09. The summed E-state index contributed by atoms with van der Waals surface area (Å²) in [5.74, 6) is -0.134. The number of halogens is 1. The molecule has 4 aromatic rings. The minimum atomic E-state index is -0.630. The highest BCUT2D eigenvalue weighted by Gasteiger charge is 2.45. The number of carbonyl (C=O) groups is 1. The molecule has 5 rings (SSSR count). The van der Waals surface area contributed by atoms with Crippen molar-refractivity contribution in [1.82, 2.24) is 10.2 Å². The highest BCUT2D eigenvalue weighted by Crippen LogP contribution is 2.42. The minimum Gasteiger partial charge on any atom is -0.450 e. The number of hydrogen-bond donors (Lipinski definition) is 0. The first-order valence-corrected chi connectivity index (χ1v) is 11.0. The molecule has 6 nitrogen and oxygen atoms in total. The molecule has 0 radical (unpaired) electrons. The molecular weight excluding hydrogens is 466 g/mol. The second kappa shape index (κ2) is 7.14. The van der Waals surface area contributed by atoms with Gasteiger partial charge in [0.15, 0.2) is 5.43 Å². The Balaban J connectivity index is 1.78. The minimum absolute atomic E-state index is 0.0629. The van der Waals surface area contributed by atoms with Crippen molar-refractivity contribution in [1.29, 1.82) is 0 Å². The molecule has 1 aliphatic rings. The van der Waals surface area contributed by atoms with Gasteiger partial charge in [0.2, 0.25) is 10.9 Å². The maximum Gasteiger partial charge on any atom is 0.297 e. The third kappa shape index (κ3) is 2.90. The average molecular weight is 482 g/mol. The molecule has 0 saturated carbocycles. The summed E-state index contributed by atoms with van der Waals surface area (Å²) in [6.45, 7) is 4.05. The molecule has 0 aliphatic carbocycles. The first kappa shape index (κ1) is 19.1. The largest absolute Gasteiger partial charge is 0.450 e. The summed E-state index contributed by atoms with van der Waals surface area (Å²) in [6.07, 6.45) is 0. The number of aromatic nitrogens is 2. The summed E-state index contributed by atoms with van der Waals surface area (Å²) in [5.41, 5.74) is 1.33. The van der Waals surface area contributed by atoms with Crippen molar-refractivity contribution < 1.29 is 9.21 Å². The van der Waals surface area contributed by atoms with Crippen LogP contribution in [-0.2, 0) is 0 Å².